The first-order valence-corrected chi connectivity index (χ1v) is 12.6. The average molecular weight is 583 g/mol. The Hall–Kier alpha value is -4.62. The number of hydrogen-bond acceptors (Lipinski definition) is 5. The monoisotopic (exact) mass is 582 g/mol. The second-order valence-electron chi connectivity index (χ2n) is 8.53. The van der Waals surface area contributed by atoms with E-state index in [1.807, 2.05) is 49.4 Å². The zero-order valence-electron chi connectivity index (χ0n) is 22.3. The number of unbranched alkanes of at least 4 members (excludes halogenated alkanes) is 1. The predicted molar refractivity (Wildman–Crippen MR) is 143 cm³/mol. The lowest BCUT2D eigenvalue weighted by Gasteiger charge is -2.18. The van der Waals surface area contributed by atoms with E-state index in [0.717, 1.165) is 11.1 Å². The van der Waals surface area contributed by atoms with E-state index in [1.54, 1.807) is 12.1 Å². The van der Waals surface area contributed by atoms with E-state index in [1.165, 1.54) is 0 Å². The molecule has 41 heavy (non-hydrogen) atoms. The van der Waals surface area contributed by atoms with Gasteiger partial charge >= 0.3 is 24.1 Å². The SMILES string of the molecule is CCNC(=O)NCCCCC(=O)NCC(=O)NC(CC(=O)O)c1ccc(-c2ccccc2)cc1.O=C(O)C(F)(F)F. The minimum atomic E-state index is -5.08. The zero-order chi connectivity index (χ0) is 30.8. The van der Waals surface area contributed by atoms with Gasteiger partial charge < -0.3 is 31.5 Å². The topological polar surface area (TPSA) is 174 Å². The Morgan fingerprint density at radius 2 is 1.39 bits per heavy atom. The molecule has 0 spiro atoms. The molecule has 2 aromatic carbocycles. The second kappa shape index (κ2) is 17.9. The summed E-state index contributed by atoms with van der Waals surface area (Å²) in [5.41, 5.74) is 2.69. The number of carboxylic acid groups (broad SMARTS) is 2. The standard InChI is InChI=1S/C25H32N4O5.C2HF3O2/c1-2-26-25(34)27-15-7-6-10-22(30)28-17-23(31)29-21(16-24(32)33)20-13-11-19(12-14-20)18-8-4-3-5-9-18;3-2(4,5)1(6)7/h3-5,8-9,11-14,21H,2,6-7,10,15-17H2,1H3,(H,28,30)(H,29,31)(H,32,33)(H2,26,27,34);(H,6,7). The number of benzene rings is 2. The van der Waals surface area contributed by atoms with Crippen LogP contribution in [0.2, 0.25) is 0 Å². The van der Waals surface area contributed by atoms with Crippen LogP contribution in [0, 0.1) is 0 Å². The van der Waals surface area contributed by atoms with Crippen molar-refractivity contribution in [2.24, 2.45) is 0 Å². The van der Waals surface area contributed by atoms with Crippen LogP contribution in [-0.4, -0.2) is 65.8 Å². The summed E-state index contributed by atoms with van der Waals surface area (Å²) in [4.78, 5) is 55.8. The van der Waals surface area contributed by atoms with E-state index in [-0.39, 0.29) is 31.3 Å². The van der Waals surface area contributed by atoms with Crippen LogP contribution < -0.4 is 21.3 Å². The lowest BCUT2D eigenvalue weighted by atomic mass is 9.99. The maximum absolute atomic E-state index is 12.3. The van der Waals surface area contributed by atoms with Crippen molar-refractivity contribution in [3.05, 3.63) is 60.2 Å². The van der Waals surface area contributed by atoms with Crippen molar-refractivity contribution in [2.75, 3.05) is 19.6 Å². The Labute approximate surface area is 234 Å². The number of hydrogen-bond donors (Lipinski definition) is 6. The first kappa shape index (κ1) is 34.4. The van der Waals surface area contributed by atoms with Crippen LogP contribution in [0.4, 0.5) is 18.0 Å². The summed E-state index contributed by atoms with van der Waals surface area (Å²) in [6.45, 7) is 2.59. The number of alkyl halides is 3. The molecule has 0 radical (unpaired) electrons. The molecule has 14 heteroatoms. The summed E-state index contributed by atoms with van der Waals surface area (Å²) in [6, 6.07) is 16.2. The Balaban J connectivity index is 0.00000106. The van der Waals surface area contributed by atoms with Crippen LogP contribution in [0.5, 0.6) is 0 Å². The van der Waals surface area contributed by atoms with Gasteiger partial charge in [0.15, 0.2) is 0 Å². The smallest absolute Gasteiger partial charge is 0.481 e. The molecule has 0 fully saturated rings. The largest absolute Gasteiger partial charge is 0.490 e. The molecule has 0 aliphatic carbocycles. The highest BCUT2D eigenvalue weighted by Gasteiger charge is 2.38. The first-order valence-electron chi connectivity index (χ1n) is 12.6. The number of carbonyl (C=O) groups excluding carboxylic acids is 3. The molecule has 2 aromatic rings. The maximum atomic E-state index is 12.3. The molecule has 0 saturated carbocycles. The Morgan fingerprint density at radius 1 is 0.805 bits per heavy atom. The lowest BCUT2D eigenvalue weighted by molar-refractivity contribution is -0.192. The molecule has 224 valence electrons. The zero-order valence-corrected chi connectivity index (χ0v) is 22.3. The third-order valence-corrected chi connectivity index (χ3v) is 5.28. The molecule has 0 heterocycles. The predicted octanol–water partition coefficient (Wildman–Crippen LogP) is 3.22. The number of carboxylic acids is 2. The number of rotatable bonds is 13. The number of carbonyl (C=O) groups is 5. The molecule has 4 amide bonds. The van der Waals surface area contributed by atoms with E-state index in [9.17, 15) is 37.5 Å². The lowest BCUT2D eigenvalue weighted by Crippen LogP contribution is -2.39. The summed E-state index contributed by atoms with van der Waals surface area (Å²) < 4.78 is 31.7. The summed E-state index contributed by atoms with van der Waals surface area (Å²) in [5.74, 6) is -4.55. The number of nitrogens with one attached hydrogen (secondary N) is 4. The van der Waals surface area contributed by atoms with Crippen LogP contribution in [0.25, 0.3) is 11.1 Å². The fraction of sp³-hybridized carbons (Fsp3) is 0.370. The van der Waals surface area contributed by atoms with Gasteiger partial charge in [0.25, 0.3) is 0 Å². The molecular formula is C27H33F3N4O7. The Morgan fingerprint density at radius 3 is 1.93 bits per heavy atom. The minimum Gasteiger partial charge on any atom is -0.481 e. The van der Waals surface area contributed by atoms with Gasteiger partial charge in [-0.1, -0.05) is 54.6 Å². The third-order valence-electron chi connectivity index (χ3n) is 5.28. The molecule has 11 nitrogen and oxygen atoms in total. The molecule has 0 aromatic heterocycles. The van der Waals surface area contributed by atoms with E-state index in [2.05, 4.69) is 21.3 Å². The van der Waals surface area contributed by atoms with Gasteiger partial charge in [-0.05, 0) is 36.5 Å². The molecular weight excluding hydrogens is 549 g/mol. The quantitative estimate of drug-likeness (QED) is 0.197. The summed E-state index contributed by atoms with van der Waals surface area (Å²) >= 11 is 0. The van der Waals surface area contributed by atoms with Crippen molar-refractivity contribution >= 4 is 29.8 Å². The van der Waals surface area contributed by atoms with E-state index >= 15 is 0 Å². The highest BCUT2D eigenvalue weighted by atomic mass is 19.4. The van der Waals surface area contributed by atoms with Crippen LogP contribution >= 0.6 is 0 Å². The van der Waals surface area contributed by atoms with Crippen molar-refractivity contribution in [3.8, 4) is 11.1 Å². The van der Waals surface area contributed by atoms with Crippen molar-refractivity contribution in [1.82, 2.24) is 21.3 Å². The van der Waals surface area contributed by atoms with Gasteiger partial charge in [0.2, 0.25) is 11.8 Å². The highest BCUT2D eigenvalue weighted by molar-refractivity contribution is 5.85. The maximum Gasteiger partial charge on any atom is 0.490 e. The number of amides is 4. The van der Waals surface area contributed by atoms with Crippen molar-refractivity contribution < 1.29 is 47.4 Å². The van der Waals surface area contributed by atoms with Gasteiger partial charge in [-0.2, -0.15) is 13.2 Å². The van der Waals surface area contributed by atoms with Crippen molar-refractivity contribution in [1.29, 1.82) is 0 Å². The molecule has 2 rings (SSSR count). The highest BCUT2D eigenvalue weighted by Crippen LogP contribution is 2.23. The second-order valence-corrected chi connectivity index (χ2v) is 8.53. The van der Waals surface area contributed by atoms with Crippen molar-refractivity contribution in [2.45, 2.75) is 44.8 Å². The Bertz CT molecular complexity index is 1140. The Kier molecular flexibility index (Phi) is 15.0. The van der Waals surface area contributed by atoms with Crippen LogP contribution in [0.1, 0.15) is 44.2 Å². The normalized spacial score (nSPS) is 11.2. The molecule has 0 aliphatic rings. The van der Waals surface area contributed by atoms with Gasteiger partial charge in [0, 0.05) is 19.5 Å². The van der Waals surface area contributed by atoms with Gasteiger partial charge in [-0.15, -0.1) is 0 Å². The van der Waals surface area contributed by atoms with Gasteiger partial charge in [0.05, 0.1) is 19.0 Å². The molecule has 0 saturated heterocycles. The van der Waals surface area contributed by atoms with Crippen LogP contribution in [-0.2, 0) is 19.2 Å². The van der Waals surface area contributed by atoms with Gasteiger partial charge in [-0.25, -0.2) is 9.59 Å². The van der Waals surface area contributed by atoms with Gasteiger partial charge in [0.1, 0.15) is 0 Å². The van der Waals surface area contributed by atoms with E-state index in [0.29, 0.717) is 31.5 Å². The average Bonchev–Trinajstić information content (AvgIpc) is 2.91. The third kappa shape index (κ3) is 14.9. The molecule has 0 aliphatic heterocycles. The fourth-order valence-electron chi connectivity index (χ4n) is 3.31. The molecule has 1 unspecified atom stereocenters. The molecule has 1 atom stereocenters. The number of urea groups is 1. The first-order chi connectivity index (χ1) is 19.3. The minimum absolute atomic E-state index is 0.226. The van der Waals surface area contributed by atoms with Crippen LogP contribution in [0.15, 0.2) is 54.6 Å². The number of aliphatic carboxylic acids is 2. The van der Waals surface area contributed by atoms with E-state index in [4.69, 9.17) is 9.90 Å². The van der Waals surface area contributed by atoms with Crippen molar-refractivity contribution in [3.63, 3.8) is 0 Å². The fourth-order valence-corrected chi connectivity index (χ4v) is 3.31. The number of halogens is 3. The summed E-state index contributed by atoms with van der Waals surface area (Å²) in [6.07, 6.45) is -3.93. The van der Waals surface area contributed by atoms with E-state index < -0.39 is 30.1 Å². The van der Waals surface area contributed by atoms with Gasteiger partial charge in [-0.3, -0.25) is 14.4 Å². The summed E-state index contributed by atoms with van der Waals surface area (Å²) in [7, 11) is 0. The molecule has 6 N–H and O–H groups in total. The van der Waals surface area contributed by atoms with Crippen LogP contribution in [0.3, 0.4) is 0 Å². The molecule has 0 bridgehead atoms. The summed E-state index contributed by atoms with van der Waals surface area (Å²) in [5, 5.41) is 26.9.